The van der Waals surface area contributed by atoms with E-state index in [2.05, 4.69) is 23.8 Å². The van der Waals surface area contributed by atoms with Crippen LogP contribution in [0, 0.1) is 0 Å². The molecule has 0 radical (unpaired) electrons. The highest BCUT2D eigenvalue weighted by Crippen LogP contribution is 2.79. The lowest BCUT2D eigenvalue weighted by molar-refractivity contribution is -0.0501. The predicted octanol–water partition coefficient (Wildman–Crippen LogP) is -0.387. The predicted molar refractivity (Wildman–Crippen MR) is 109 cm³/mol. The third-order valence-electron chi connectivity index (χ3n) is 4.30. The number of anilines is 1. The Bertz CT molecular complexity index is 1190. The van der Waals surface area contributed by atoms with E-state index in [1.54, 1.807) is 0 Å². The van der Waals surface area contributed by atoms with Crippen molar-refractivity contribution in [2.45, 2.75) is 28.4 Å². The van der Waals surface area contributed by atoms with Crippen LogP contribution in [0.15, 0.2) is 12.7 Å². The highest BCUT2D eigenvalue weighted by Gasteiger charge is 2.62. The molecule has 2 aromatic rings. The number of fused-ring (bicyclic) bond motifs is 1. The number of nitrogens with two attached hydrogens (primary N) is 1. The van der Waals surface area contributed by atoms with Gasteiger partial charge in [-0.05, 0) is 0 Å². The number of hydrogen-bond acceptors (Lipinski definition) is 12. The first-order chi connectivity index (χ1) is 15.0. The Hall–Kier alpha value is -0.740. The molecule has 0 aromatic carbocycles. The van der Waals surface area contributed by atoms with Crippen LogP contribution in [0.4, 0.5) is 5.82 Å². The van der Waals surface area contributed by atoms with Crippen LogP contribution in [0.5, 0.6) is 0 Å². The Morgan fingerprint density at radius 1 is 1.12 bits per heavy atom. The number of ether oxygens (including phenoxy) is 1. The second kappa shape index (κ2) is 9.04. The average Bonchev–Trinajstić information content (AvgIpc) is 3.21. The van der Waals surface area contributed by atoms with Gasteiger partial charge in [0.15, 0.2) is 17.7 Å². The molecule has 0 aliphatic carbocycles. The number of halogens is 2. The van der Waals surface area contributed by atoms with Crippen LogP contribution in [-0.4, -0.2) is 78.0 Å². The highest BCUT2D eigenvalue weighted by atomic mass is 35.5. The van der Waals surface area contributed by atoms with E-state index in [9.17, 15) is 33.7 Å². The summed E-state index contributed by atoms with van der Waals surface area (Å²) in [6, 6.07) is 0. The van der Waals surface area contributed by atoms with Crippen molar-refractivity contribution in [1.82, 2.24) is 19.5 Å². The lowest BCUT2D eigenvalue weighted by Gasteiger charge is -2.26. The van der Waals surface area contributed by atoms with Gasteiger partial charge in [-0.2, -0.15) is 0 Å². The van der Waals surface area contributed by atoms with E-state index in [4.69, 9.17) is 43.5 Å². The summed E-state index contributed by atoms with van der Waals surface area (Å²) in [6.45, 7) is -1.00. The monoisotopic (exact) mass is 573 g/mol. The highest BCUT2D eigenvalue weighted by molar-refractivity contribution is 7.81. The third kappa shape index (κ3) is 5.13. The van der Waals surface area contributed by atoms with Crippen LogP contribution < -0.4 is 5.73 Å². The molecular formula is C11H16Cl2N5O12P3. The molecule has 2 unspecified atom stereocenters. The van der Waals surface area contributed by atoms with Crippen molar-refractivity contribution in [2.75, 3.05) is 12.3 Å². The second-order valence-corrected chi connectivity index (χ2v) is 14.6. The summed E-state index contributed by atoms with van der Waals surface area (Å²) in [4.78, 5) is 48.9. The lowest BCUT2D eigenvalue weighted by Crippen LogP contribution is -2.33. The molecular weight excluding hydrogens is 558 g/mol. The number of hydrogen-bond donors (Lipinski definition) is 7. The number of phosphoric acid groups is 1. The molecule has 0 spiro atoms. The zero-order valence-electron chi connectivity index (χ0n) is 15.8. The quantitative estimate of drug-likeness (QED) is 0.156. The molecule has 17 nitrogen and oxygen atoms in total. The number of aliphatic hydroxyl groups excluding tert-OH is 2. The number of alkyl halides is 2. The van der Waals surface area contributed by atoms with E-state index in [1.165, 1.54) is 10.9 Å². The fourth-order valence-electron chi connectivity index (χ4n) is 2.70. The van der Waals surface area contributed by atoms with E-state index >= 15 is 0 Å². The van der Waals surface area contributed by atoms with Gasteiger partial charge in [0.2, 0.25) is 0 Å². The van der Waals surface area contributed by atoms with Gasteiger partial charge in [-0.1, -0.05) is 23.2 Å². The molecule has 0 amide bonds. The average molecular weight is 574 g/mol. The Morgan fingerprint density at radius 3 is 2.36 bits per heavy atom. The first kappa shape index (κ1) is 26.9. The molecule has 8 N–H and O–H groups in total. The van der Waals surface area contributed by atoms with Crippen molar-refractivity contribution in [3.05, 3.63) is 12.7 Å². The molecule has 0 saturated carbocycles. The summed E-state index contributed by atoms with van der Waals surface area (Å²) in [5.74, 6) is 0.0310. The SMILES string of the molecule is Nc1ncnc2c1ncn2[C@H]1O[C@@H](COP(=O)(O)OP(=O)(O)C(Cl)(Cl)P(=O)(O)O)[C@H](O)[C@@H]1O. The molecule has 2 aromatic heterocycles. The normalized spacial score (nSPS) is 28.0. The molecule has 6 atom stereocenters. The summed E-state index contributed by atoms with van der Waals surface area (Å²) in [5.41, 5.74) is 5.98. The van der Waals surface area contributed by atoms with Crippen molar-refractivity contribution in [3.8, 4) is 0 Å². The van der Waals surface area contributed by atoms with Crippen molar-refractivity contribution >= 4 is 63.2 Å². The Kier molecular flexibility index (Phi) is 7.36. The largest absolute Gasteiger partial charge is 0.479 e. The van der Waals surface area contributed by atoms with Crippen molar-refractivity contribution in [2.24, 2.45) is 0 Å². The number of nitrogen functional groups attached to an aromatic ring is 1. The Morgan fingerprint density at radius 2 is 1.76 bits per heavy atom. The smallest absolute Gasteiger partial charge is 0.387 e. The first-order valence-corrected chi connectivity index (χ1v) is 13.8. The molecule has 33 heavy (non-hydrogen) atoms. The Labute approximate surface area is 193 Å². The molecule has 1 fully saturated rings. The summed E-state index contributed by atoms with van der Waals surface area (Å²) in [7, 11) is -17.1. The standard InChI is InChI=1S/C11H16Cl2N5O12P3/c12-11(13,31(21,22)23)32(24,25)30-33(26,27)28-1-4-6(19)7(20)10(29-4)18-3-17-5-8(14)15-2-16-9(5)18/h2-4,6-7,10,19-20H,1H2,(H,24,25)(H,26,27)(H2,14,15,16)(H2,21,22,23)/t4-,6-,7-,10-/m0/s1. The number of phosphoric ester groups is 1. The second-order valence-electron chi connectivity index (χ2n) is 6.55. The third-order valence-corrected chi connectivity index (χ3v) is 12.0. The lowest BCUT2D eigenvalue weighted by atomic mass is 10.1. The zero-order chi connectivity index (χ0) is 25.0. The number of aromatic nitrogens is 4. The van der Waals surface area contributed by atoms with E-state index in [1.807, 2.05) is 0 Å². The van der Waals surface area contributed by atoms with Crippen LogP contribution in [-0.2, 0) is 27.3 Å². The maximum Gasteiger partial charge on any atom is 0.479 e. The summed E-state index contributed by atoms with van der Waals surface area (Å²) >= 11 is 10.3. The molecule has 3 rings (SSSR count). The molecule has 1 aliphatic rings. The topological polar surface area (TPSA) is 270 Å². The number of nitrogens with zero attached hydrogens (tertiary/aromatic N) is 4. The van der Waals surface area contributed by atoms with Gasteiger partial charge in [0.1, 0.15) is 30.2 Å². The molecule has 22 heteroatoms. The van der Waals surface area contributed by atoms with Gasteiger partial charge in [0, 0.05) is 0 Å². The Balaban J connectivity index is 1.72. The molecule has 1 saturated heterocycles. The molecule has 186 valence electrons. The van der Waals surface area contributed by atoms with Gasteiger partial charge >= 0.3 is 26.8 Å². The van der Waals surface area contributed by atoms with Gasteiger partial charge < -0.3 is 40.3 Å². The van der Waals surface area contributed by atoms with Gasteiger partial charge in [0.05, 0.1) is 12.9 Å². The first-order valence-electron chi connectivity index (χ1n) is 8.38. The maximum atomic E-state index is 12.0. The minimum Gasteiger partial charge on any atom is -0.387 e. The fraction of sp³-hybridized carbons (Fsp3) is 0.545. The van der Waals surface area contributed by atoms with Crippen LogP contribution in [0.1, 0.15) is 6.23 Å². The van der Waals surface area contributed by atoms with Crippen LogP contribution in [0.25, 0.3) is 11.2 Å². The zero-order valence-corrected chi connectivity index (χ0v) is 20.0. The van der Waals surface area contributed by atoms with Crippen molar-refractivity contribution in [3.63, 3.8) is 0 Å². The van der Waals surface area contributed by atoms with Crippen LogP contribution in [0.2, 0.25) is 0 Å². The summed E-state index contributed by atoms with van der Waals surface area (Å²) < 4.78 is 46.4. The summed E-state index contributed by atoms with van der Waals surface area (Å²) in [6.07, 6.45) is -3.84. The van der Waals surface area contributed by atoms with Gasteiger partial charge in [-0.25, -0.2) is 23.8 Å². The molecule has 0 bridgehead atoms. The maximum absolute atomic E-state index is 12.0. The van der Waals surface area contributed by atoms with Crippen molar-refractivity contribution < 1.29 is 57.1 Å². The summed E-state index contributed by atoms with van der Waals surface area (Å²) in [5, 5.41) is 20.5. The minimum atomic E-state index is -5.87. The van der Waals surface area contributed by atoms with E-state index in [-0.39, 0.29) is 17.0 Å². The van der Waals surface area contributed by atoms with E-state index in [0.29, 0.717) is 0 Å². The molecule has 1 aliphatic heterocycles. The van der Waals surface area contributed by atoms with E-state index in [0.717, 1.165) is 6.33 Å². The number of rotatable bonds is 8. The van der Waals surface area contributed by atoms with Crippen molar-refractivity contribution in [1.29, 1.82) is 0 Å². The molecule has 3 heterocycles. The number of aliphatic hydroxyl groups is 2. The fourth-order valence-corrected chi connectivity index (χ4v) is 6.93. The van der Waals surface area contributed by atoms with Gasteiger partial charge in [-0.3, -0.25) is 18.2 Å². The van der Waals surface area contributed by atoms with Gasteiger partial charge in [-0.15, -0.1) is 0 Å². The number of imidazole rings is 1. The minimum absolute atomic E-state index is 0.0310. The van der Waals surface area contributed by atoms with Crippen LogP contribution in [0.3, 0.4) is 0 Å². The van der Waals surface area contributed by atoms with Crippen LogP contribution >= 0.6 is 46.2 Å². The van der Waals surface area contributed by atoms with Gasteiger partial charge in [0.25, 0.3) is 0 Å². The van der Waals surface area contributed by atoms with E-state index < -0.39 is 58.0 Å².